The summed E-state index contributed by atoms with van der Waals surface area (Å²) < 4.78 is 4.93. The van der Waals surface area contributed by atoms with Crippen LogP contribution in [0.15, 0.2) is 24.3 Å². The van der Waals surface area contributed by atoms with Crippen molar-refractivity contribution in [3.05, 3.63) is 35.4 Å². The maximum absolute atomic E-state index is 11.7. The minimum absolute atomic E-state index is 0.132. The Morgan fingerprint density at radius 1 is 1.35 bits per heavy atom. The van der Waals surface area contributed by atoms with Gasteiger partial charge in [0.15, 0.2) is 6.61 Å². The fourth-order valence-electron chi connectivity index (χ4n) is 1.92. The van der Waals surface area contributed by atoms with Crippen molar-refractivity contribution in [3.63, 3.8) is 0 Å². The molecule has 1 fully saturated rings. The smallest absolute Gasteiger partial charge is 0.338 e. The topological polar surface area (TPSA) is 72.5 Å². The van der Waals surface area contributed by atoms with E-state index in [0.717, 1.165) is 12.8 Å². The highest BCUT2D eigenvalue weighted by Crippen LogP contribution is 2.32. The molecule has 1 aromatic carbocycles. The van der Waals surface area contributed by atoms with Crippen LogP contribution < -0.4 is 5.32 Å². The van der Waals surface area contributed by atoms with E-state index in [1.807, 2.05) is 6.92 Å². The zero-order valence-corrected chi connectivity index (χ0v) is 11.3. The molecule has 2 rings (SSSR count). The normalized spacial score (nSPS) is 15.2. The van der Waals surface area contributed by atoms with Crippen LogP contribution in [0, 0.1) is 5.92 Å². The second kappa shape index (κ2) is 6.32. The van der Waals surface area contributed by atoms with Gasteiger partial charge in [-0.1, -0.05) is 12.1 Å². The average molecular weight is 275 g/mol. The van der Waals surface area contributed by atoms with E-state index in [1.165, 1.54) is 24.3 Å². The second-order valence-electron chi connectivity index (χ2n) is 5.01. The molecule has 0 spiro atoms. The van der Waals surface area contributed by atoms with Crippen LogP contribution in [0.5, 0.6) is 0 Å². The number of hydrogen-bond acceptors (Lipinski definition) is 4. The summed E-state index contributed by atoms with van der Waals surface area (Å²) in [4.78, 5) is 33.8. The van der Waals surface area contributed by atoms with E-state index < -0.39 is 5.97 Å². The van der Waals surface area contributed by atoms with Crippen molar-refractivity contribution in [1.82, 2.24) is 5.32 Å². The van der Waals surface area contributed by atoms with Gasteiger partial charge in [0.05, 0.1) is 5.56 Å². The van der Waals surface area contributed by atoms with Gasteiger partial charge in [0.2, 0.25) is 0 Å². The monoisotopic (exact) mass is 275 g/mol. The molecule has 1 aromatic rings. The molecule has 5 nitrogen and oxygen atoms in total. The van der Waals surface area contributed by atoms with Gasteiger partial charge in [-0.2, -0.15) is 0 Å². The number of carbonyl (C=O) groups excluding carboxylic acids is 3. The molecule has 1 atom stereocenters. The van der Waals surface area contributed by atoms with Crippen LogP contribution in [0.3, 0.4) is 0 Å². The lowest BCUT2D eigenvalue weighted by Gasteiger charge is -2.12. The van der Waals surface area contributed by atoms with Crippen LogP contribution in [0.4, 0.5) is 0 Å². The predicted molar refractivity (Wildman–Crippen MR) is 72.4 cm³/mol. The predicted octanol–water partition coefficient (Wildman–Crippen LogP) is 1.57. The molecule has 20 heavy (non-hydrogen) atoms. The third kappa shape index (κ3) is 3.91. The summed E-state index contributed by atoms with van der Waals surface area (Å²) in [5.74, 6) is -0.301. The lowest BCUT2D eigenvalue weighted by molar-refractivity contribution is -0.124. The Labute approximate surface area is 117 Å². The molecule has 106 valence electrons. The first kappa shape index (κ1) is 14.2. The molecular formula is C15H17NO4. The molecule has 1 aliphatic rings. The first-order chi connectivity index (χ1) is 9.60. The van der Waals surface area contributed by atoms with Crippen molar-refractivity contribution in [2.24, 2.45) is 5.92 Å². The van der Waals surface area contributed by atoms with Gasteiger partial charge in [-0.3, -0.25) is 9.59 Å². The fourth-order valence-corrected chi connectivity index (χ4v) is 1.92. The SMILES string of the molecule is C[C@H](NC(=O)COC(=O)c1ccc(C=O)cc1)C1CC1. The van der Waals surface area contributed by atoms with Gasteiger partial charge in [0, 0.05) is 11.6 Å². The summed E-state index contributed by atoms with van der Waals surface area (Å²) >= 11 is 0. The minimum Gasteiger partial charge on any atom is -0.452 e. The lowest BCUT2D eigenvalue weighted by Crippen LogP contribution is -2.37. The van der Waals surface area contributed by atoms with Crippen LogP contribution in [0.1, 0.15) is 40.5 Å². The largest absolute Gasteiger partial charge is 0.452 e. The Kier molecular flexibility index (Phi) is 4.50. The van der Waals surface area contributed by atoms with Crippen molar-refractivity contribution in [3.8, 4) is 0 Å². The lowest BCUT2D eigenvalue weighted by atomic mass is 10.1. The number of amides is 1. The Balaban J connectivity index is 1.78. The van der Waals surface area contributed by atoms with Crippen LogP contribution >= 0.6 is 0 Å². The van der Waals surface area contributed by atoms with E-state index in [-0.39, 0.29) is 18.6 Å². The third-order valence-electron chi connectivity index (χ3n) is 3.33. The average Bonchev–Trinajstić information content (AvgIpc) is 3.29. The summed E-state index contributed by atoms with van der Waals surface area (Å²) in [6.45, 7) is 1.67. The molecule has 0 unspecified atom stereocenters. The molecule has 0 radical (unpaired) electrons. The van der Waals surface area contributed by atoms with E-state index in [9.17, 15) is 14.4 Å². The van der Waals surface area contributed by atoms with Gasteiger partial charge < -0.3 is 10.1 Å². The van der Waals surface area contributed by atoms with E-state index in [1.54, 1.807) is 0 Å². The van der Waals surface area contributed by atoms with Crippen LogP contribution in [-0.2, 0) is 9.53 Å². The quantitative estimate of drug-likeness (QED) is 0.632. The van der Waals surface area contributed by atoms with Gasteiger partial charge in [0.1, 0.15) is 6.29 Å². The van der Waals surface area contributed by atoms with E-state index in [2.05, 4.69) is 5.32 Å². The molecule has 0 heterocycles. The summed E-state index contributed by atoms with van der Waals surface area (Å²) in [6, 6.07) is 6.18. The summed E-state index contributed by atoms with van der Waals surface area (Å²) in [7, 11) is 0. The second-order valence-corrected chi connectivity index (χ2v) is 5.01. The maximum Gasteiger partial charge on any atom is 0.338 e. The Bertz CT molecular complexity index is 505. The van der Waals surface area contributed by atoms with E-state index in [0.29, 0.717) is 23.3 Å². The first-order valence-electron chi connectivity index (χ1n) is 6.62. The number of esters is 1. The van der Waals surface area contributed by atoms with Gasteiger partial charge in [-0.15, -0.1) is 0 Å². The van der Waals surface area contributed by atoms with Crippen molar-refractivity contribution in [2.75, 3.05) is 6.61 Å². The number of ether oxygens (including phenoxy) is 1. The molecular weight excluding hydrogens is 258 g/mol. The maximum atomic E-state index is 11.7. The molecule has 1 amide bonds. The molecule has 0 bridgehead atoms. The highest BCUT2D eigenvalue weighted by molar-refractivity contribution is 5.92. The molecule has 0 aromatic heterocycles. The highest BCUT2D eigenvalue weighted by atomic mass is 16.5. The minimum atomic E-state index is -0.573. The molecule has 1 saturated carbocycles. The van der Waals surface area contributed by atoms with Crippen LogP contribution in [0.2, 0.25) is 0 Å². The molecule has 1 aliphatic carbocycles. The van der Waals surface area contributed by atoms with Crippen molar-refractivity contribution < 1.29 is 19.1 Å². The summed E-state index contributed by atoms with van der Waals surface area (Å²) in [5, 5.41) is 2.80. The van der Waals surface area contributed by atoms with Gasteiger partial charge in [0.25, 0.3) is 5.91 Å². The number of benzene rings is 1. The highest BCUT2D eigenvalue weighted by Gasteiger charge is 2.28. The standard InChI is InChI=1S/C15H17NO4/c1-10(12-6-7-12)16-14(18)9-20-15(19)13-4-2-11(8-17)3-5-13/h2-5,8,10,12H,6-7,9H2,1H3,(H,16,18)/t10-/m0/s1. The van der Waals surface area contributed by atoms with Gasteiger partial charge in [-0.25, -0.2) is 4.79 Å². The van der Waals surface area contributed by atoms with Gasteiger partial charge >= 0.3 is 5.97 Å². The fraction of sp³-hybridized carbons (Fsp3) is 0.400. The zero-order chi connectivity index (χ0) is 14.5. The van der Waals surface area contributed by atoms with Crippen molar-refractivity contribution in [2.45, 2.75) is 25.8 Å². The van der Waals surface area contributed by atoms with Crippen LogP contribution in [0.25, 0.3) is 0 Å². The summed E-state index contributed by atoms with van der Waals surface area (Å²) in [5.41, 5.74) is 0.802. The molecule has 0 saturated heterocycles. The Morgan fingerprint density at radius 2 is 2.00 bits per heavy atom. The zero-order valence-electron chi connectivity index (χ0n) is 11.3. The number of carbonyl (C=O) groups is 3. The first-order valence-corrected chi connectivity index (χ1v) is 6.62. The van der Waals surface area contributed by atoms with Gasteiger partial charge in [-0.05, 0) is 37.8 Å². The molecule has 1 N–H and O–H groups in total. The number of nitrogens with one attached hydrogen (secondary N) is 1. The van der Waals surface area contributed by atoms with E-state index in [4.69, 9.17) is 4.74 Å². The number of aldehydes is 1. The Hall–Kier alpha value is -2.17. The Morgan fingerprint density at radius 3 is 2.55 bits per heavy atom. The van der Waals surface area contributed by atoms with E-state index >= 15 is 0 Å². The van der Waals surface area contributed by atoms with Crippen molar-refractivity contribution >= 4 is 18.2 Å². The number of hydrogen-bond donors (Lipinski definition) is 1. The molecule has 5 heteroatoms. The third-order valence-corrected chi connectivity index (χ3v) is 3.33. The van der Waals surface area contributed by atoms with Crippen LogP contribution in [-0.4, -0.2) is 30.8 Å². The molecule has 0 aliphatic heterocycles. The number of rotatable bonds is 6. The van der Waals surface area contributed by atoms with Crippen molar-refractivity contribution in [1.29, 1.82) is 0 Å². The summed E-state index contributed by atoms with van der Waals surface area (Å²) in [6.07, 6.45) is 2.98.